The molecule has 24 heavy (non-hydrogen) atoms. The maximum Gasteiger partial charge on any atom is 0.320 e. The zero-order chi connectivity index (χ0) is 17.4. The van der Waals surface area contributed by atoms with Gasteiger partial charge in [-0.25, -0.2) is 4.98 Å². The van der Waals surface area contributed by atoms with Crippen LogP contribution in [0.1, 0.15) is 39.1 Å². The molecule has 0 saturated heterocycles. The number of imidazole rings is 1. The highest BCUT2D eigenvalue weighted by Gasteiger charge is 2.31. The molecule has 2 heterocycles. The van der Waals surface area contributed by atoms with Crippen molar-refractivity contribution in [1.82, 2.24) is 9.55 Å². The highest BCUT2D eigenvalue weighted by Crippen LogP contribution is 2.31. The number of hydrogen-bond donors (Lipinski definition) is 0. The molecule has 0 radical (unpaired) electrons. The number of Topliss-reactive ketones (excluding diaryl/α,β-unsaturated/α-hetero) is 1. The number of rotatable bonds is 4. The molecule has 2 aromatic heterocycles. The van der Waals surface area contributed by atoms with E-state index in [1.807, 2.05) is 13.0 Å². The van der Waals surface area contributed by atoms with Crippen molar-refractivity contribution in [2.75, 3.05) is 0 Å². The number of benzene rings is 1. The Morgan fingerprint density at radius 2 is 2.04 bits per heavy atom. The smallest absolute Gasteiger partial charge is 0.292 e. The number of aryl methyl sites for hydroxylation is 1. The van der Waals surface area contributed by atoms with Crippen LogP contribution in [0.25, 0.3) is 11.0 Å². The van der Waals surface area contributed by atoms with Crippen LogP contribution < -0.4 is 0 Å². The zero-order valence-corrected chi connectivity index (χ0v) is 13.8. The monoisotopic (exact) mass is 345 g/mol. The van der Waals surface area contributed by atoms with Gasteiger partial charge in [0.15, 0.2) is 11.7 Å². The minimum atomic E-state index is -2.89. The Labute approximate surface area is 141 Å². The van der Waals surface area contributed by atoms with Crippen molar-refractivity contribution >= 4 is 28.2 Å². The van der Waals surface area contributed by atoms with Crippen molar-refractivity contribution in [1.29, 1.82) is 5.26 Å². The van der Waals surface area contributed by atoms with Gasteiger partial charge in [-0.15, -0.1) is 11.3 Å². The number of halogens is 2. The fourth-order valence-electron chi connectivity index (χ4n) is 2.62. The molecule has 1 aromatic carbocycles. The quantitative estimate of drug-likeness (QED) is 0.649. The molecular formula is C17H13F2N3OS. The van der Waals surface area contributed by atoms with Gasteiger partial charge in [-0.1, -0.05) is 12.1 Å². The van der Waals surface area contributed by atoms with Gasteiger partial charge in [0, 0.05) is 15.8 Å². The third-order valence-corrected chi connectivity index (χ3v) is 5.03. The fourth-order valence-corrected chi connectivity index (χ4v) is 3.49. The number of hydrogen-bond acceptors (Lipinski definition) is 4. The maximum atomic E-state index is 13.5. The van der Waals surface area contributed by atoms with Crippen LogP contribution in [0.3, 0.4) is 0 Å². The molecule has 0 aliphatic rings. The van der Waals surface area contributed by atoms with Crippen LogP contribution in [0.5, 0.6) is 0 Å². The van der Waals surface area contributed by atoms with Gasteiger partial charge < -0.3 is 0 Å². The third-order valence-electron chi connectivity index (χ3n) is 4.02. The van der Waals surface area contributed by atoms with Gasteiger partial charge in [0.25, 0.3) is 0 Å². The zero-order valence-electron chi connectivity index (χ0n) is 13.0. The molecule has 1 atom stereocenters. The van der Waals surface area contributed by atoms with Gasteiger partial charge in [-0.2, -0.15) is 14.0 Å². The Hall–Kier alpha value is -2.59. The summed E-state index contributed by atoms with van der Waals surface area (Å²) in [5.41, 5.74) is 1.69. The van der Waals surface area contributed by atoms with E-state index in [1.165, 1.54) is 17.4 Å². The van der Waals surface area contributed by atoms with Crippen LogP contribution >= 0.6 is 11.3 Å². The molecule has 0 saturated carbocycles. The second-order valence-corrected chi connectivity index (χ2v) is 6.45. The molecule has 0 aliphatic carbocycles. The number of alkyl halides is 2. The van der Waals surface area contributed by atoms with Crippen LogP contribution in [0, 0.1) is 25.2 Å². The number of para-hydroxylation sites is 2. The van der Waals surface area contributed by atoms with Gasteiger partial charge in [-0.3, -0.25) is 9.36 Å². The molecule has 0 amide bonds. The highest BCUT2D eigenvalue weighted by atomic mass is 32.1. The Bertz CT molecular complexity index is 968. The maximum absolute atomic E-state index is 13.5. The summed E-state index contributed by atoms with van der Waals surface area (Å²) in [5, 5.41) is 11.1. The molecule has 0 unspecified atom stereocenters. The van der Waals surface area contributed by atoms with E-state index in [2.05, 4.69) is 4.98 Å². The van der Waals surface area contributed by atoms with Gasteiger partial charge >= 0.3 is 6.55 Å². The number of fused-ring (bicyclic) bond motifs is 1. The van der Waals surface area contributed by atoms with Crippen LogP contribution in [-0.4, -0.2) is 15.3 Å². The number of nitrogens with zero attached hydrogens (tertiary/aromatic N) is 3. The van der Waals surface area contributed by atoms with Gasteiger partial charge in [0.05, 0.1) is 17.1 Å². The topological polar surface area (TPSA) is 58.7 Å². The van der Waals surface area contributed by atoms with Crippen molar-refractivity contribution in [2.24, 2.45) is 0 Å². The number of carbonyl (C=O) groups is 1. The van der Waals surface area contributed by atoms with E-state index in [0.717, 1.165) is 10.4 Å². The van der Waals surface area contributed by atoms with Crippen molar-refractivity contribution < 1.29 is 13.6 Å². The average molecular weight is 345 g/mol. The number of ketones is 1. The summed E-state index contributed by atoms with van der Waals surface area (Å²) < 4.78 is 27.7. The van der Waals surface area contributed by atoms with Crippen molar-refractivity contribution in [3.05, 3.63) is 51.5 Å². The highest BCUT2D eigenvalue weighted by molar-refractivity contribution is 7.10. The molecule has 0 N–H and O–H groups in total. The van der Waals surface area contributed by atoms with Crippen LogP contribution in [0.15, 0.2) is 29.6 Å². The molecular weight excluding hydrogens is 332 g/mol. The van der Waals surface area contributed by atoms with Crippen LogP contribution in [-0.2, 0) is 0 Å². The lowest BCUT2D eigenvalue weighted by molar-refractivity contribution is 0.0701. The summed E-state index contributed by atoms with van der Waals surface area (Å²) in [6, 6.07) is 8.21. The largest absolute Gasteiger partial charge is 0.320 e. The van der Waals surface area contributed by atoms with E-state index in [1.54, 1.807) is 30.5 Å². The lowest BCUT2D eigenvalue weighted by Crippen LogP contribution is -2.17. The number of aromatic nitrogens is 2. The first-order chi connectivity index (χ1) is 11.5. The summed E-state index contributed by atoms with van der Waals surface area (Å²) in [7, 11) is 0. The Morgan fingerprint density at radius 1 is 1.33 bits per heavy atom. The molecule has 0 spiro atoms. The standard InChI is InChI=1S/C17H13F2N3OS/c1-9-10(2)24-8-12(9)15(23)11(7-20)16-21-13-5-3-4-6-14(13)22(16)17(18)19/h3-6,8,11,17H,1-2H3/t11-/m1/s1. The van der Waals surface area contributed by atoms with Crippen LogP contribution in [0.2, 0.25) is 0 Å². The number of nitriles is 1. The third kappa shape index (κ3) is 2.49. The molecule has 0 aliphatic heterocycles. The molecule has 0 bridgehead atoms. The Morgan fingerprint density at radius 3 is 2.62 bits per heavy atom. The molecule has 3 rings (SSSR count). The summed E-state index contributed by atoms with van der Waals surface area (Å²) in [4.78, 5) is 17.8. The van der Waals surface area contributed by atoms with Gasteiger partial charge in [0.1, 0.15) is 5.82 Å². The van der Waals surface area contributed by atoms with E-state index in [4.69, 9.17) is 0 Å². The van der Waals surface area contributed by atoms with Crippen molar-refractivity contribution in [2.45, 2.75) is 26.3 Å². The summed E-state index contributed by atoms with van der Waals surface area (Å²) in [5.74, 6) is -2.10. The van der Waals surface area contributed by atoms with Gasteiger partial charge in [-0.05, 0) is 31.5 Å². The fraction of sp³-hybridized carbons (Fsp3) is 0.235. The second kappa shape index (κ2) is 6.13. The molecule has 122 valence electrons. The molecule has 7 heteroatoms. The van der Waals surface area contributed by atoms with E-state index in [9.17, 15) is 18.8 Å². The summed E-state index contributed by atoms with van der Waals surface area (Å²) in [6.45, 7) is 0.761. The minimum Gasteiger partial charge on any atom is -0.292 e. The summed E-state index contributed by atoms with van der Waals surface area (Å²) >= 11 is 1.39. The molecule has 4 nitrogen and oxygen atoms in total. The van der Waals surface area contributed by atoms with Crippen LogP contribution in [0.4, 0.5) is 8.78 Å². The second-order valence-electron chi connectivity index (χ2n) is 5.36. The Kier molecular flexibility index (Phi) is 4.16. The van der Waals surface area contributed by atoms with Crippen molar-refractivity contribution in [3.63, 3.8) is 0 Å². The van der Waals surface area contributed by atoms with E-state index >= 15 is 0 Å². The molecule has 0 fully saturated rings. The van der Waals surface area contributed by atoms with Crippen molar-refractivity contribution in [3.8, 4) is 6.07 Å². The number of carbonyl (C=O) groups excluding carboxylic acids is 1. The first kappa shape index (κ1) is 16.3. The SMILES string of the molecule is Cc1scc(C(=O)[C@@H](C#N)c2nc3ccccc3n2C(F)F)c1C. The van der Waals surface area contributed by atoms with E-state index < -0.39 is 18.3 Å². The average Bonchev–Trinajstić information content (AvgIpc) is 3.09. The van der Waals surface area contributed by atoms with E-state index in [-0.39, 0.29) is 11.3 Å². The lowest BCUT2D eigenvalue weighted by Gasteiger charge is -2.11. The number of thiophene rings is 1. The minimum absolute atomic E-state index is 0.203. The lowest BCUT2D eigenvalue weighted by atomic mass is 9.97. The van der Waals surface area contributed by atoms with E-state index in [0.29, 0.717) is 15.6 Å². The first-order valence-electron chi connectivity index (χ1n) is 7.19. The normalized spacial score (nSPS) is 12.5. The van der Waals surface area contributed by atoms with Gasteiger partial charge in [0.2, 0.25) is 0 Å². The molecule has 3 aromatic rings. The predicted molar refractivity (Wildman–Crippen MR) is 87.5 cm³/mol. The first-order valence-corrected chi connectivity index (χ1v) is 8.07. The Balaban J connectivity index is 2.17. The predicted octanol–water partition coefficient (Wildman–Crippen LogP) is 4.60. The summed E-state index contributed by atoms with van der Waals surface area (Å²) in [6.07, 6.45) is 0.